The number of aryl methyl sites for hydroxylation is 1. The number of hydrogen-bond donors (Lipinski definition) is 0. The van der Waals surface area contributed by atoms with Gasteiger partial charge in [0.1, 0.15) is 5.82 Å². The predicted octanol–water partition coefficient (Wildman–Crippen LogP) is 2.24. The molecule has 0 saturated carbocycles. The van der Waals surface area contributed by atoms with Crippen LogP contribution in [0.1, 0.15) is 18.3 Å². The van der Waals surface area contributed by atoms with Crippen molar-refractivity contribution in [2.24, 2.45) is 11.8 Å². The maximum atomic E-state index is 12.9. The number of benzene rings is 1. The molecule has 0 aliphatic carbocycles. The fourth-order valence-electron chi connectivity index (χ4n) is 4.46. The van der Waals surface area contributed by atoms with Crippen LogP contribution in [-0.2, 0) is 22.2 Å². The van der Waals surface area contributed by atoms with Gasteiger partial charge in [0.15, 0.2) is 11.5 Å². The molecule has 0 spiro atoms. The minimum absolute atomic E-state index is 0.0129. The molecule has 2 saturated heterocycles. The summed E-state index contributed by atoms with van der Waals surface area (Å²) in [6.45, 7) is 4.77. The summed E-state index contributed by atoms with van der Waals surface area (Å²) in [6, 6.07) is 10.9. The van der Waals surface area contributed by atoms with Gasteiger partial charge in [0, 0.05) is 37.6 Å². The zero-order chi connectivity index (χ0) is 20.9. The molecule has 0 bridgehead atoms. The van der Waals surface area contributed by atoms with Crippen molar-refractivity contribution in [2.45, 2.75) is 19.1 Å². The second-order valence-corrected chi connectivity index (χ2v) is 10.5. The predicted molar refractivity (Wildman–Crippen MR) is 115 cm³/mol. The highest BCUT2D eigenvalue weighted by molar-refractivity contribution is 7.88. The number of nitrogens with zero attached hydrogens (tertiary/aromatic N) is 6. The quantitative estimate of drug-likeness (QED) is 0.597. The third-order valence-corrected chi connectivity index (χ3v) is 8.10. The highest BCUT2D eigenvalue weighted by Gasteiger charge is 2.44. The molecule has 1 aromatic carbocycles. The average Bonchev–Trinajstić information content (AvgIpc) is 3.41. The Morgan fingerprint density at radius 2 is 1.70 bits per heavy atom. The van der Waals surface area contributed by atoms with Gasteiger partial charge in [0.2, 0.25) is 10.0 Å². The van der Waals surface area contributed by atoms with E-state index in [1.165, 1.54) is 0 Å². The molecule has 2 aliphatic heterocycles. The molecule has 30 heavy (non-hydrogen) atoms. The molecule has 2 aromatic heterocycles. The van der Waals surface area contributed by atoms with Crippen LogP contribution in [0.4, 0.5) is 5.82 Å². The van der Waals surface area contributed by atoms with Crippen molar-refractivity contribution >= 4 is 33.1 Å². The van der Waals surface area contributed by atoms with Crippen LogP contribution in [0.15, 0.2) is 36.4 Å². The highest BCUT2D eigenvalue weighted by Crippen LogP contribution is 2.35. The Balaban J connectivity index is 1.27. The van der Waals surface area contributed by atoms with Gasteiger partial charge in [-0.2, -0.15) is 4.52 Å². The minimum atomic E-state index is -3.34. The first-order valence-corrected chi connectivity index (χ1v) is 12.1. The van der Waals surface area contributed by atoms with Crippen LogP contribution in [0.2, 0.25) is 5.02 Å². The Hall–Kier alpha value is -2.23. The van der Waals surface area contributed by atoms with Crippen molar-refractivity contribution in [3.8, 4) is 0 Å². The van der Waals surface area contributed by atoms with E-state index in [0.29, 0.717) is 29.9 Å². The number of fused-ring (bicyclic) bond motifs is 2. The van der Waals surface area contributed by atoms with Gasteiger partial charge in [-0.3, -0.25) is 0 Å². The monoisotopic (exact) mass is 446 g/mol. The summed E-state index contributed by atoms with van der Waals surface area (Å²) in [7, 11) is -3.34. The van der Waals surface area contributed by atoms with E-state index in [0.717, 1.165) is 42.4 Å². The van der Waals surface area contributed by atoms with Crippen LogP contribution in [-0.4, -0.2) is 58.7 Å². The number of halogens is 1. The molecule has 0 radical (unpaired) electrons. The Labute approximate surface area is 180 Å². The summed E-state index contributed by atoms with van der Waals surface area (Å²) in [5.74, 6) is 2.37. The normalized spacial score (nSPS) is 22.1. The van der Waals surface area contributed by atoms with Crippen molar-refractivity contribution in [2.75, 3.05) is 31.1 Å². The van der Waals surface area contributed by atoms with Crippen LogP contribution >= 0.6 is 11.6 Å². The maximum absolute atomic E-state index is 12.9. The Morgan fingerprint density at radius 1 is 1.00 bits per heavy atom. The highest BCUT2D eigenvalue weighted by atomic mass is 35.5. The molecule has 158 valence electrons. The van der Waals surface area contributed by atoms with E-state index in [2.05, 4.69) is 15.1 Å². The van der Waals surface area contributed by atoms with Crippen molar-refractivity contribution in [3.63, 3.8) is 0 Å². The fourth-order valence-corrected chi connectivity index (χ4v) is 6.22. The SMILES string of the molecule is CCc1nnc2ccc(N3CC4CN(S(=O)(=O)Cc5ccc(Cl)cc5)CC4C3)nn12. The number of rotatable bonds is 5. The summed E-state index contributed by atoms with van der Waals surface area (Å²) in [5.41, 5.74) is 1.51. The summed E-state index contributed by atoms with van der Waals surface area (Å²) < 4.78 is 29.3. The number of sulfonamides is 1. The van der Waals surface area contributed by atoms with Crippen molar-refractivity contribution in [1.29, 1.82) is 0 Å². The van der Waals surface area contributed by atoms with Crippen LogP contribution in [0.3, 0.4) is 0 Å². The van der Waals surface area contributed by atoms with E-state index in [1.807, 2.05) is 19.1 Å². The summed E-state index contributed by atoms with van der Waals surface area (Å²) >= 11 is 5.90. The Kier molecular flexibility index (Phi) is 4.91. The lowest BCUT2D eigenvalue weighted by Gasteiger charge is -2.22. The van der Waals surface area contributed by atoms with Gasteiger partial charge in [-0.1, -0.05) is 30.7 Å². The van der Waals surface area contributed by atoms with E-state index < -0.39 is 10.0 Å². The second kappa shape index (κ2) is 7.47. The molecule has 2 atom stereocenters. The lowest BCUT2D eigenvalue weighted by Crippen LogP contribution is -2.34. The molecule has 2 unspecified atom stereocenters. The fraction of sp³-hybridized carbons (Fsp3) is 0.450. The molecular formula is C20H23ClN6O2S. The van der Waals surface area contributed by atoms with Gasteiger partial charge >= 0.3 is 0 Å². The maximum Gasteiger partial charge on any atom is 0.218 e. The molecular weight excluding hydrogens is 424 g/mol. The van der Waals surface area contributed by atoms with Crippen molar-refractivity contribution in [3.05, 3.63) is 52.8 Å². The molecule has 4 heterocycles. The van der Waals surface area contributed by atoms with Gasteiger partial charge in [0.05, 0.1) is 5.75 Å². The first-order chi connectivity index (χ1) is 14.4. The van der Waals surface area contributed by atoms with Crippen LogP contribution in [0.5, 0.6) is 0 Å². The first kappa shape index (κ1) is 19.7. The molecule has 0 amide bonds. The van der Waals surface area contributed by atoms with Gasteiger partial charge in [0.25, 0.3) is 0 Å². The third kappa shape index (κ3) is 3.55. The number of hydrogen-bond acceptors (Lipinski definition) is 6. The molecule has 0 N–H and O–H groups in total. The zero-order valence-corrected chi connectivity index (χ0v) is 18.2. The summed E-state index contributed by atoms with van der Waals surface area (Å²) in [4.78, 5) is 2.25. The summed E-state index contributed by atoms with van der Waals surface area (Å²) in [5, 5.41) is 13.6. The third-order valence-electron chi connectivity index (χ3n) is 6.06. The zero-order valence-electron chi connectivity index (χ0n) is 16.6. The van der Waals surface area contributed by atoms with Crippen molar-refractivity contribution < 1.29 is 8.42 Å². The second-order valence-electron chi connectivity index (χ2n) is 8.06. The van der Waals surface area contributed by atoms with Gasteiger partial charge < -0.3 is 4.90 Å². The molecule has 5 rings (SSSR count). The van der Waals surface area contributed by atoms with Gasteiger partial charge in [-0.05, 0) is 41.7 Å². The minimum Gasteiger partial charge on any atom is -0.355 e. The van der Waals surface area contributed by atoms with Crippen LogP contribution in [0.25, 0.3) is 5.65 Å². The van der Waals surface area contributed by atoms with Crippen LogP contribution in [0, 0.1) is 11.8 Å². The van der Waals surface area contributed by atoms with E-state index in [-0.39, 0.29) is 5.75 Å². The molecule has 2 fully saturated rings. The largest absolute Gasteiger partial charge is 0.355 e. The molecule has 10 heteroatoms. The number of aromatic nitrogens is 4. The Bertz CT molecular complexity index is 1170. The molecule has 8 nitrogen and oxygen atoms in total. The van der Waals surface area contributed by atoms with Gasteiger partial charge in [-0.15, -0.1) is 15.3 Å². The van der Waals surface area contributed by atoms with E-state index >= 15 is 0 Å². The lowest BCUT2D eigenvalue weighted by molar-refractivity contribution is 0.452. The smallest absolute Gasteiger partial charge is 0.218 e. The average molecular weight is 447 g/mol. The van der Waals surface area contributed by atoms with E-state index in [4.69, 9.17) is 16.7 Å². The number of anilines is 1. The Morgan fingerprint density at radius 3 is 2.37 bits per heavy atom. The molecule has 2 aliphatic rings. The summed E-state index contributed by atoms with van der Waals surface area (Å²) in [6.07, 6.45) is 0.767. The van der Waals surface area contributed by atoms with E-state index in [1.54, 1.807) is 33.1 Å². The molecule has 3 aromatic rings. The van der Waals surface area contributed by atoms with E-state index in [9.17, 15) is 8.42 Å². The lowest BCUT2D eigenvalue weighted by atomic mass is 10.0. The standard InChI is InChI=1S/C20H23ClN6O2S/c1-2-18-22-23-19-7-8-20(24-27(18)19)25-9-15-11-26(12-16(15)10-25)30(28,29)13-14-3-5-17(21)6-4-14/h3-8,15-16H,2,9-13H2,1H3. The van der Waals surface area contributed by atoms with Crippen molar-refractivity contribution in [1.82, 2.24) is 24.1 Å². The topological polar surface area (TPSA) is 83.7 Å². The first-order valence-electron chi connectivity index (χ1n) is 10.1. The van der Waals surface area contributed by atoms with Gasteiger partial charge in [-0.25, -0.2) is 12.7 Å². The van der Waals surface area contributed by atoms with Crippen LogP contribution < -0.4 is 4.90 Å².